The minimum Gasteiger partial charge on any atom is -0.369 e. The van der Waals surface area contributed by atoms with Gasteiger partial charge in [-0.2, -0.15) is 18.8 Å². The maximum absolute atomic E-state index is 11.4. The molecule has 0 aliphatic rings. The summed E-state index contributed by atoms with van der Waals surface area (Å²) in [6.45, 7) is 0. The summed E-state index contributed by atoms with van der Waals surface area (Å²) >= 11 is 0. The molecule has 2 aromatic heterocycles. The number of nitrogens with two attached hydrogens (primary N) is 1. The zero-order chi connectivity index (χ0) is 21.3. The van der Waals surface area contributed by atoms with Crippen molar-refractivity contribution in [3.05, 3.63) is 72.7 Å². The first-order valence-corrected chi connectivity index (χ1v) is 10.2. The maximum atomic E-state index is 11.4. The molecule has 0 fully saturated rings. The molecule has 4 rings (SSSR count). The first-order chi connectivity index (χ1) is 14.4. The van der Waals surface area contributed by atoms with Crippen molar-refractivity contribution in [2.75, 3.05) is 12.1 Å². The molecule has 4 aromatic rings. The molecule has 0 radical (unpaired) electrons. The molecule has 0 saturated carbocycles. The van der Waals surface area contributed by atoms with E-state index in [1.54, 1.807) is 24.5 Å². The van der Waals surface area contributed by atoms with Gasteiger partial charge in [-0.15, -0.1) is 0 Å². The number of imidazole rings is 1. The van der Waals surface area contributed by atoms with Crippen molar-refractivity contribution in [1.29, 1.82) is 5.26 Å². The van der Waals surface area contributed by atoms with Crippen LogP contribution < -0.4 is 14.3 Å². The van der Waals surface area contributed by atoms with E-state index in [0.717, 1.165) is 16.7 Å². The largest absolute Gasteiger partial charge is 0.380 e. The number of nitrogens with zero attached hydrogens (tertiary/aromatic N) is 5. The van der Waals surface area contributed by atoms with Crippen molar-refractivity contribution in [1.82, 2.24) is 14.6 Å². The van der Waals surface area contributed by atoms with E-state index < -0.39 is 10.3 Å². The third-order valence-corrected chi connectivity index (χ3v) is 4.90. The van der Waals surface area contributed by atoms with Gasteiger partial charge in [0.2, 0.25) is 0 Å². The van der Waals surface area contributed by atoms with Crippen molar-refractivity contribution >= 4 is 27.0 Å². The fourth-order valence-corrected chi connectivity index (χ4v) is 3.51. The third kappa shape index (κ3) is 3.67. The second kappa shape index (κ2) is 7.47. The summed E-state index contributed by atoms with van der Waals surface area (Å²) in [4.78, 5) is 8.61. The van der Waals surface area contributed by atoms with Crippen LogP contribution in [0.1, 0.15) is 5.56 Å². The van der Waals surface area contributed by atoms with Gasteiger partial charge in [-0.25, -0.2) is 9.66 Å². The fourth-order valence-electron chi connectivity index (χ4n) is 3.12. The molecular formula is C20H16N6O3S. The van der Waals surface area contributed by atoms with Gasteiger partial charge in [0.15, 0.2) is 5.75 Å². The first kappa shape index (κ1) is 19.4. The highest BCUT2D eigenvalue weighted by Gasteiger charge is 2.18. The number of para-hydroxylation sites is 2. The second-order valence-electron chi connectivity index (χ2n) is 6.37. The lowest BCUT2D eigenvalue weighted by Gasteiger charge is -2.22. The van der Waals surface area contributed by atoms with Gasteiger partial charge in [0.25, 0.3) is 0 Å². The molecule has 0 amide bonds. The Labute approximate surface area is 172 Å². The quantitative estimate of drug-likeness (QED) is 0.525. The molecule has 2 aromatic carbocycles. The molecule has 10 heteroatoms. The van der Waals surface area contributed by atoms with Gasteiger partial charge >= 0.3 is 10.3 Å². The van der Waals surface area contributed by atoms with Crippen molar-refractivity contribution < 1.29 is 12.6 Å². The topological polar surface area (TPSA) is 127 Å². The first-order valence-electron chi connectivity index (χ1n) is 8.75. The normalized spacial score (nSPS) is 11.2. The maximum Gasteiger partial charge on any atom is 0.380 e. The van der Waals surface area contributed by atoms with Crippen LogP contribution in [0.15, 0.2) is 67.1 Å². The fraction of sp³-hybridized carbons (Fsp3) is 0.0500. The van der Waals surface area contributed by atoms with Crippen LogP contribution in [-0.2, 0) is 10.3 Å². The number of nitriles is 1. The minimum atomic E-state index is -4.26. The molecule has 2 heterocycles. The molecular weight excluding hydrogens is 404 g/mol. The number of hydrogen-bond donors (Lipinski definition) is 1. The molecule has 0 aliphatic heterocycles. The standard InChI is InChI=1S/C20H16N6O3S/c1-25(26-13-24-17-5-2-3-6-18(17)26)15-9-8-14(12-21)16(11-15)20-19(7-4-10-23-20)29-30(22,27)28/h2-11,13H,1H3,(H2,22,27,28). The zero-order valence-corrected chi connectivity index (χ0v) is 16.6. The molecule has 0 bridgehead atoms. The predicted octanol–water partition coefficient (Wildman–Crippen LogP) is 2.45. The van der Waals surface area contributed by atoms with Crippen molar-refractivity contribution in [3.8, 4) is 23.1 Å². The second-order valence-corrected chi connectivity index (χ2v) is 7.52. The molecule has 30 heavy (non-hydrogen) atoms. The van der Waals surface area contributed by atoms with E-state index >= 15 is 0 Å². The Morgan fingerprint density at radius 1 is 1.13 bits per heavy atom. The molecule has 0 aliphatic carbocycles. The van der Waals surface area contributed by atoms with Gasteiger partial charge in [0, 0.05) is 18.8 Å². The van der Waals surface area contributed by atoms with E-state index in [2.05, 4.69) is 16.0 Å². The van der Waals surface area contributed by atoms with Crippen LogP contribution in [0.3, 0.4) is 0 Å². The van der Waals surface area contributed by atoms with Crippen molar-refractivity contribution in [2.24, 2.45) is 5.14 Å². The summed E-state index contributed by atoms with van der Waals surface area (Å²) in [5.74, 6) is -0.0654. The predicted molar refractivity (Wildman–Crippen MR) is 112 cm³/mol. The SMILES string of the molecule is CN(c1ccc(C#N)c(-c2ncccc2OS(N)(=O)=O)c1)n1cnc2ccccc21. The molecule has 2 N–H and O–H groups in total. The molecule has 0 unspecified atom stereocenters. The van der Waals surface area contributed by atoms with Crippen molar-refractivity contribution in [3.63, 3.8) is 0 Å². The summed E-state index contributed by atoms with van der Waals surface area (Å²) in [5.41, 5.74) is 3.37. The van der Waals surface area contributed by atoms with E-state index in [9.17, 15) is 13.7 Å². The minimum absolute atomic E-state index is 0.0654. The highest BCUT2D eigenvalue weighted by atomic mass is 32.2. The number of hydrogen-bond acceptors (Lipinski definition) is 7. The molecule has 9 nitrogen and oxygen atoms in total. The van der Waals surface area contributed by atoms with Gasteiger partial charge in [-0.3, -0.25) is 9.99 Å². The lowest BCUT2D eigenvalue weighted by molar-refractivity contribution is 0.487. The van der Waals surface area contributed by atoms with E-state index in [1.807, 2.05) is 41.0 Å². The Bertz CT molecular complexity index is 1390. The number of pyridine rings is 1. The van der Waals surface area contributed by atoms with Gasteiger partial charge < -0.3 is 4.18 Å². The monoisotopic (exact) mass is 420 g/mol. The van der Waals surface area contributed by atoms with E-state index in [1.165, 1.54) is 18.3 Å². The lowest BCUT2D eigenvalue weighted by atomic mass is 10.0. The number of fused-ring (bicyclic) bond motifs is 1. The zero-order valence-electron chi connectivity index (χ0n) is 15.8. The van der Waals surface area contributed by atoms with Gasteiger partial charge in [0.1, 0.15) is 12.0 Å². The Hall–Kier alpha value is -3.94. The average Bonchev–Trinajstić information content (AvgIpc) is 3.16. The summed E-state index contributed by atoms with van der Waals surface area (Å²) in [5, 5.41) is 16.4. The molecule has 0 saturated heterocycles. The summed E-state index contributed by atoms with van der Waals surface area (Å²) in [6.07, 6.45) is 3.17. The number of rotatable bonds is 5. The summed E-state index contributed by atoms with van der Waals surface area (Å²) in [7, 11) is -2.41. The van der Waals surface area contributed by atoms with Crippen LogP contribution >= 0.6 is 0 Å². The third-order valence-electron chi connectivity index (χ3n) is 4.49. The lowest BCUT2D eigenvalue weighted by Crippen LogP contribution is -2.23. The summed E-state index contributed by atoms with van der Waals surface area (Å²) < 4.78 is 29.6. The smallest absolute Gasteiger partial charge is 0.369 e. The average molecular weight is 420 g/mol. The summed E-state index contributed by atoms with van der Waals surface area (Å²) in [6, 6.07) is 17.9. The van der Waals surface area contributed by atoms with Crippen LogP contribution in [0.5, 0.6) is 5.75 Å². The van der Waals surface area contributed by atoms with E-state index in [-0.39, 0.29) is 11.4 Å². The highest BCUT2D eigenvalue weighted by molar-refractivity contribution is 7.84. The van der Waals surface area contributed by atoms with Crippen LogP contribution in [0.2, 0.25) is 0 Å². The highest BCUT2D eigenvalue weighted by Crippen LogP contribution is 2.33. The van der Waals surface area contributed by atoms with Gasteiger partial charge in [-0.1, -0.05) is 12.1 Å². The number of aromatic nitrogens is 3. The Kier molecular flexibility index (Phi) is 4.83. The Morgan fingerprint density at radius 3 is 2.70 bits per heavy atom. The van der Waals surface area contributed by atoms with Crippen LogP contribution in [-0.4, -0.2) is 30.1 Å². The molecule has 150 valence electrons. The Morgan fingerprint density at radius 2 is 1.93 bits per heavy atom. The molecule has 0 atom stereocenters. The van der Waals surface area contributed by atoms with Crippen LogP contribution in [0.25, 0.3) is 22.3 Å². The van der Waals surface area contributed by atoms with Crippen molar-refractivity contribution in [2.45, 2.75) is 0 Å². The molecule has 0 spiro atoms. The van der Waals surface area contributed by atoms with E-state index in [0.29, 0.717) is 11.1 Å². The number of anilines is 1. The Balaban J connectivity index is 1.84. The van der Waals surface area contributed by atoms with Crippen LogP contribution in [0, 0.1) is 11.3 Å². The van der Waals surface area contributed by atoms with Gasteiger partial charge in [0.05, 0.1) is 28.4 Å². The van der Waals surface area contributed by atoms with Crippen LogP contribution in [0.4, 0.5) is 5.69 Å². The van der Waals surface area contributed by atoms with Gasteiger partial charge in [-0.05, 0) is 42.5 Å². The van der Waals surface area contributed by atoms with E-state index in [4.69, 9.17) is 9.32 Å². The number of benzene rings is 2.